The van der Waals surface area contributed by atoms with E-state index in [0.29, 0.717) is 25.2 Å². The molecule has 0 aromatic heterocycles. The highest BCUT2D eigenvalue weighted by Crippen LogP contribution is 2.25. The van der Waals surface area contributed by atoms with Crippen LogP contribution in [0.15, 0.2) is 48.5 Å². The Kier molecular flexibility index (Phi) is 6.41. The number of para-hydroxylation sites is 2. The van der Waals surface area contributed by atoms with E-state index in [4.69, 9.17) is 4.74 Å². The topological polar surface area (TPSA) is 41.9 Å². The highest BCUT2D eigenvalue weighted by atomic mass is 19.3. The fraction of sp³-hybridized carbons (Fsp3) is 0.400. The molecule has 1 N–H and O–H groups in total. The maximum absolute atomic E-state index is 12.7. The van der Waals surface area contributed by atoms with Crippen LogP contribution in [-0.2, 0) is 17.8 Å². The van der Waals surface area contributed by atoms with Gasteiger partial charge in [-0.05, 0) is 25.0 Å². The second-order valence-corrected chi connectivity index (χ2v) is 6.42. The standard InChI is InChI=1S/C20H23F2NO3/c21-20(22)26-19-10-4-2-7-16(19)13-23(14-17-8-5-11-25-17)12-15-6-1-3-9-18(15)24/h1-4,6-7,9-10,17,20,24H,5,8,11-14H2. The fourth-order valence-electron chi connectivity index (χ4n) is 3.23. The summed E-state index contributed by atoms with van der Waals surface area (Å²) in [4.78, 5) is 2.10. The molecule has 3 rings (SSSR count). The van der Waals surface area contributed by atoms with Crippen molar-refractivity contribution in [2.45, 2.75) is 38.6 Å². The molecule has 0 amide bonds. The van der Waals surface area contributed by atoms with Gasteiger partial charge in [-0.2, -0.15) is 8.78 Å². The van der Waals surface area contributed by atoms with Gasteiger partial charge in [-0.3, -0.25) is 4.90 Å². The lowest BCUT2D eigenvalue weighted by molar-refractivity contribution is -0.0509. The van der Waals surface area contributed by atoms with E-state index in [1.54, 1.807) is 36.4 Å². The van der Waals surface area contributed by atoms with Gasteiger partial charge in [0.1, 0.15) is 11.5 Å². The number of nitrogens with zero attached hydrogens (tertiary/aromatic N) is 1. The molecule has 140 valence electrons. The first-order chi connectivity index (χ1) is 12.6. The average Bonchev–Trinajstić information content (AvgIpc) is 3.11. The number of hydrogen-bond donors (Lipinski definition) is 1. The summed E-state index contributed by atoms with van der Waals surface area (Å²) in [5.74, 6) is 0.402. The summed E-state index contributed by atoms with van der Waals surface area (Å²) in [6, 6.07) is 14.0. The molecule has 6 heteroatoms. The van der Waals surface area contributed by atoms with Crippen LogP contribution in [0.25, 0.3) is 0 Å². The SMILES string of the molecule is Oc1ccccc1CN(Cc1ccccc1OC(F)F)CC1CCCO1. The van der Waals surface area contributed by atoms with E-state index < -0.39 is 6.61 Å². The first-order valence-corrected chi connectivity index (χ1v) is 8.75. The number of halogens is 2. The molecule has 2 aromatic rings. The zero-order valence-electron chi connectivity index (χ0n) is 14.5. The smallest absolute Gasteiger partial charge is 0.387 e. The minimum atomic E-state index is -2.86. The molecule has 1 aliphatic heterocycles. The lowest BCUT2D eigenvalue weighted by Crippen LogP contribution is -2.31. The molecule has 1 heterocycles. The monoisotopic (exact) mass is 363 g/mol. The quantitative estimate of drug-likeness (QED) is 0.764. The third-order valence-electron chi connectivity index (χ3n) is 4.45. The summed E-state index contributed by atoms with van der Waals surface area (Å²) in [6.07, 6.45) is 2.12. The van der Waals surface area contributed by atoms with Crippen molar-refractivity contribution in [1.29, 1.82) is 0 Å². The Morgan fingerprint density at radius 3 is 2.46 bits per heavy atom. The molecular formula is C20H23F2NO3. The van der Waals surface area contributed by atoms with Crippen molar-refractivity contribution in [3.05, 3.63) is 59.7 Å². The average molecular weight is 363 g/mol. The van der Waals surface area contributed by atoms with Crippen LogP contribution in [0.3, 0.4) is 0 Å². The predicted octanol–water partition coefficient (Wildman–Crippen LogP) is 4.17. The molecule has 1 atom stereocenters. The van der Waals surface area contributed by atoms with E-state index in [1.807, 2.05) is 12.1 Å². The third-order valence-corrected chi connectivity index (χ3v) is 4.45. The second-order valence-electron chi connectivity index (χ2n) is 6.42. The normalized spacial score (nSPS) is 17.2. The molecule has 2 aromatic carbocycles. The number of phenolic OH excluding ortho intramolecular Hbond substituents is 1. The molecule has 1 fully saturated rings. The van der Waals surface area contributed by atoms with Crippen LogP contribution in [0.1, 0.15) is 24.0 Å². The largest absolute Gasteiger partial charge is 0.508 e. The number of hydrogen-bond acceptors (Lipinski definition) is 4. The van der Waals surface area contributed by atoms with Crippen LogP contribution in [-0.4, -0.2) is 35.9 Å². The summed E-state index contributed by atoms with van der Waals surface area (Å²) < 4.78 is 35.7. The van der Waals surface area contributed by atoms with E-state index in [9.17, 15) is 13.9 Å². The number of benzene rings is 2. The van der Waals surface area contributed by atoms with Crippen LogP contribution >= 0.6 is 0 Å². The molecule has 0 radical (unpaired) electrons. The van der Waals surface area contributed by atoms with E-state index in [1.165, 1.54) is 0 Å². The van der Waals surface area contributed by atoms with Gasteiger partial charge in [-0.25, -0.2) is 0 Å². The van der Waals surface area contributed by atoms with E-state index >= 15 is 0 Å². The molecule has 1 saturated heterocycles. The van der Waals surface area contributed by atoms with Crippen molar-refractivity contribution in [3.8, 4) is 11.5 Å². The molecule has 1 unspecified atom stereocenters. The lowest BCUT2D eigenvalue weighted by Gasteiger charge is -2.26. The van der Waals surface area contributed by atoms with Gasteiger partial charge < -0.3 is 14.6 Å². The van der Waals surface area contributed by atoms with Crippen molar-refractivity contribution in [2.75, 3.05) is 13.2 Å². The zero-order chi connectivity index (χ0) is 18.4. The Morgan fingerprint density at radius 2 is 1.77 bits per heavy atom. The van der Waals surface area contributed by atoms with Crippen molar-refractivity contribution in [3.63, 3.8) is 0 Å². The molecule has 0 saturated carbocycles. The van der Waals surface area contributed by atoms with Crippen LogP contribution in [0.2, 0.25) is 0 Å². The Hall–Kier alpha value is -2.18. The maximum Gasteiger partial charge on any atom is 0.387 e. The van der Waals surface area contributed by atoms with Gasteiger partial charge in [0.25, 0.3) is 0 Å². The summed E-state index contributed by atoms with van der Waals surface area (Å²) in [7, 11) is 0. The Bertz CT molecular complexity index is 705. The maximum atomic E-state index is 12.7. The molecule has 4 nitrogen and oxygen atoms in total. The highest BCUT2D eigenvalue weighted by molar-refractivity contribution is 5.34. The van der Waals surface area contributed by atoms with Crippen molar-refractivity contribution >= 4 is 0 Å². The third kappa shape index (κ3) is 5.16. The number of ether oxygens (including phenoxy) is 2. The number of alkyl halides is 2. The molecule has 26 heavy (non-hydrogen) atoms. The molecular weight excluding hydrogens is 340 g/mol. The van der Waals surface area contributed by atoms with Gasteiger partial charge >= 0.3 is 6.61 Å². The van der Waals surface area contributed by atoms with E-state index in [-0.39, 0.29) is 17.6 Å². The van der Waals surface area contributed by atoms with Gasteiger partial charge in [-0.15, -0.1) is 0 Å². The van der Waals surface area contributed by atoms with Gasteiger partial charge in [0, 0.05) is 37.4 Å². The summed E-state index contributed by atoms with van der Waals surface area (Å²) >= 11 is 0. The number of phenols is 1. The van der Waals surface area contributed by atoms with Crippen LogP contribution in [0.4, 0.5) is 8.78 Å². The van der Waals surface area contributed by atoms with Gasteiger partial charge in [0.15, 0.2) is 0 Å². The van der Waals surface area contributed by atoms with E-state index in [0.717, 1.165) is 25.0 Å². The fourth-order valence-corrected chi connectivity index (χ4v) is 3.23. The summed E-state index contributed by atoms with van der Waals surface area (Å²) in [6.45, 7) is -0.523. The molecule has 0 bridgehead atoms. The predicted molar refractivity (Wildman–Crippen MR) is 94.3 cm³/mol. The van der Waals surface area contributed by atoms with Crippen molar-refractivity contribution in [1.82, 2.24) is 4.90 Å². The molecule has 1 aliphatic rings. The Labute approximate surface area is 152 Å². The molecule has 0 spiro atoms. The first-order valence-electron chi connectivity index (χ1n) is 8.75. The number of rotatable bonds is 8. The van der Waals surface area contributed by atoms with Crippen molar-refractivity contribution in [2.24, 2.45) is 0 Å². The lowest BCUT2D eigenvalue weighted by atomic mass is 10.1. The minimum Gasteiger partial charge on any atom is -0.508 e. The molecule has 0 aliphatic carbocycles. The first kappa shape index (κ1) is 18.6. The van der Waals surface area contributed by atoms with Crippen LogP contribution in [0.5, 0.6) is 11.5 Å². The van der Waals surface area contributed by atoms with Crippen LogP contribution < -0.4 is 4.74 Å². The minimum absolute atomic E-state index is 0.115. The highest BCUT2D eigenvalue weighted by Gasteiger charge is 2.21. The number of aromatic hydroxyl groups is 1. The zero-order valence-corrected chi connectivity index (χ0v) is 14.5. The van der Waals surface area contributed by atoms with Gasteiger partial charge in [0.05, 0.1) is 6.10 Å². The van der Waals surface area contributed by atoms with E-state index in [2.05, 4.69) is 9.64 Å². The van der Waals surface area contributed by atoms with Crippen molar-refractivity contribution < 1.29 is 23.4 Å². The summed E-state index contributed by atoms with van der Waals surface area (Å²) in [5, 5.41) is 10.1. The Morgan fingerprint density at radius 1 is 1.08 bits per heavy atom. The second kappa shape index (κ2) is 8.96. The van der Waals surface area contributed by atoms with Gasteiger partial charge in [-0.1, -0.05) is 36.4 Å². The summed E-state index contributed by atoms with van der Waals surface area (Å²) in [5.41, 5.74) is 1.47. The Balaban J connectivity index is 1.78. The van der Waals surface area contributed by atoms with Gasteiger partial charge in [0.2, 0.25) is 0 Å². The van der Waals surface area contributed by atoms with Crippen LogP contribution in [0, 0.1) is 0 Å².